The van der Waals surface area contributed by atoms with Gasteiger partial charge in [-0.25, -0.2) is 0 Å². The summed E-state index contributed by atoms with van der Waals surface area (Å²) in [6.07, 6.45) is 3.93. The molecule has 1 aliphatic heterocycles. The van der Waals surface area contributed by atoms with E-state index in [0.29, 0.717) is 0 Å². The number of H-pyrrole nitrogens is 1. The van der Waals surface area contributed by atoms with Crippen molar-refractivity contribution < 1.29 is 4.79 Å². The molecule has 1 fully saturated rings. The number of nitrogens with one attached hydrogen (secondary N) is 2. The highest BCUT2D eigenvalue weighted by Crippen LogP contribution is 2.18. The SMILES string of the molecule is O=C(N[C@H](CN1CCCC1)c1ccccc1)c1ccc[nH]c1=O. The van der Waals surface area contributed by atoms with Gasteiger partial charge < -0.3 is 15.2 Å². The van der Waals surface area contributed by atoms with Gasteiger partial charge in [0.15, 0.2) is 0 Å². The molecular formula is C18H21N3O2. The normalized spacial score (nSPS) is 16.2. The summed E-state index contributed by atoms with van der Waals surface area (Å²) in [6, 6.07) is 13.0. The molecule has 1 aromatic carbocycles. The first-order chi connectivity index (χ1) is 11.2. The highest BCUT2D eigenvalue weighted by molar-refractivity contribution is 5.94. The van der Waals surface area contributed by atoms with Crippen LogP contribution in [-0.4, -0.2) is 35.4 Å². The van der Waals surface area contributed by atoms with Gasteiger partial charge >= 0.3 is 0 Å². The second-order valence-corrected chi connectivity index (χ2v) is 5.86. The van der Waals surface area contributed by atoms with E-state index in [0.717, 1.165) is 25.2 Å². The van der Waals surface area contributed by atoms with Gasteiger partial charge in [-0.1, -0.05) is 30.3 Å². The fourth-order valence-corrected chi connectivity index (χ4v) is 2.98. The second kappa shape index (κ2) is 7.24. The maximum absolute atomic E-state index is 12.5. The zero-order valence-electron chi connectivity index (χ0n) is 13.0. The predicted molar refractivity (Wildman–Crippen MR) is 89.4 cm³/mol. The lowest BCUT2D eigenvalue weighted by Crippen LogP contribution is -2.38. The van der Waals surface area contributed by atoms with Gasteiger partial charge in [0.2, 0.25) is 0 Å². The molecule has 1 atom stereocenters. The molecule has 0 unspecified atom stereocenters. The summed E-state index contributed by atoms with van der Waals surface area (Å²) in [5.41, 5.74) is 0.841. The number of aromatic amines is 1. The van der Waals surface area contributed by atoms with Crippen LogP contribution in [0.15, 0.2) is 53.5 Å². The molecule has 0 radical (unpaired) electrons. The van der Waals surface area contributed by atoms with Gasteiger partial charge in [-0.15, -0.1) is 0 Å². The first kappa shape index (κ1) is 15.5. The summed E-state index contributed by atoms with van der Waals surface area (Å²) < 4.78 is 0. The molecule has 2 heterocycles. The van der Waals surface area contributed by atoms with Crippen molar-refractivity contribution in [3.8, 4) is 0 Å². The Morgan fingerprint density at radius 1 is 1.13 bits per heavy atom. The van der Waals surface area contributed by atoms with Crippen molar-refractivity contribution in [3.05, 3.63) is 70.1 Å². The van der Waals surface area contributed by atoms with E-state index in [4.69, 9.17) is 0 Å². The maximum Gasteiger partial charge on any atom is 0.260 e. The summed E-state index contributed by atoms with van der Waals surface area (Å²) in [5, 5.41) is 3.02. The highest BCUT2D eigenvalue weighted by atomic mass is 16.2. The third kappa shape index (κ3) is 3.87. The number of rotatable bonds is 5. The van der Waals surface area contributed by atoms with Crippen molar-refractivity contribution in [3.63, 3.8) is 0 Å². The first-order valence-electron chi connectivity index (χ1n) is 8.00. The largest absolute Gasteiger partial charge is 0.344 e. The van der Waals surface area contributed by atoms with E-state index < -0.39 is 0 Å². The third-order valence-corrected chi connectivity index (χ3v) is 4.21. The van der Waals surface area contributed by atoms with Crippen LogP contribution in [0.4, 0.5) is 0 Å². The van der Waals surface area contributed by atoms with Gasteiger partial charge in [-0.05, 0) is 43.6 Å². The minimum atomic E-state index is -0.363. The number of nitrogens with zero attached hydrogens (tertiary/aromatic N) is 1. The van der Waals surface area contributed by atoms with Crippen molar-refractivity contribution in [2.75, 3.05) is 19.6 Å². The molecule has 1 saturated heterocycles. The summed E-state index contributed by atoms with van der Waals surface area (Å²) in [4.78, 5) is 29.2. The molecule has 1 amide bonds. The van der Waals surface area contributed by atoms with E-state index in [1.165, 1.54) is 19.0 Å². The van der Waals surface area contributed by atoms with Crippen LogP contribution in [0.25, 0.3) is 0 Å². The number of amides is 1. The predicted octanol–water partition coefficient (Wildman–Crippen LogP) is 1.94. The van der Waals surface area contributed by atoms with Crippen LogP contribution in [0.3, 0.4) is 0 Å². The Labute approximate surface area is 135 Å². The lowest BCUT2D eigenvalue weighted by molar-refractivity contribution is 0.0925. The Hall–Kier alpha value is -2.40. The van der Waals surface area contributed by atoms with Gasteiger partial charge in [0, 0.05) is 12.7 Å². The number of benzene rings is 1. The lowest BCUT2D eigenvalue weighted by Gasteiger charge is -2.24. The van der Waals surface area contributed by atoms with Gasteiger partial charge in [-0.2, -0.15) is 0 Å². The minimum Gasteiger partial charge on any atom is -0.344 e. The molecule has 5 nitrogen and oxygen atoms in total. The third-order valence-electron chi connectivity index (χ3n) is 4.21. The molecule has 5 heteroatoms. The number of carbonyl (C=O) groups excluding carboxylic acids is 1. The molecule has 0 saturated carbocycles. The molecule has 2 N–H and O–H groups in total. The number of aromatic nitrogens is 1. The van der Waals surface area contributed by atoms with Crippen molar-refractivity contribution in [1.29, 1.82) is 0 Å². The average molecular weight is 311 g/mol. The maximum atomic E-state index is 12.5. The standard InChI is InChI=1S/C18H21N3O2/c22-17-15(9-6-10-19-17)18(23)20-16(13-21-11-4-5-12-21)14-7-2-1-3-8-14/h1-3,6-10,16H,4-5,11-13H2,(H,19,22)(H,20,23)/t16-/m1/s1. The minimum absolute atomic E-state index is 0.124. The smallest absolute Gasteiger partial charge is 0.260 e. The molecule has 23 heavy (non-hydrogen) atoms. The van der Waals surface area contributed by atoms with Crippen molar-refractivity contribution in [1.82, 2.24) is 15.2 Å². The van der Waals surface area contributed by atoms with E-state index in [1.807, 2.05) is 30.3 Å². The second-order valence-electron chi connectivity index (χ2n) is 5.86. The molecule has 1 aliphatic rings. The Morgan fingerprint density at radius 3 is 2.57 bits per heavy atom. The molecule has 120 valence electrons. The number of pyridine rings is 1. The Balaban J connectivity index is 1.79. The average Bonchev–Trinajstić information content (AvgIpc) is 3.08. The van der Waals surface area contributed by atoms with Crippen LogP contribution >= 0.6 is 0 Å². The molecule has 3 rings (SSSR count). The molecular weight excluding hydrogens is 290 g/mol. The van der Waals surface area contributed by atoms with E-state index in [9.17, 15) is 9.59 Å². The monoisotopic (exact) mass is 311 g/mol. The summed E-state index contributed by atoms with van der Waals surface area (Å²) in [5.74, 6) is -0.333. The zero-order valence-corrected chi connectivity index (χ0v) is 13.0. The summed E-state index contributed by atoms with van der Waals surface area (Å²) >= 11 is 0. The van der Waals surface area contributed by atoms with Crippen LogP contribution in [0.2, 0.25) is 0 Å². The Bertz CT molecular complexity index is 705. The summed E-state index contributed by atoms with van der Waals surface area (Å²) in [6.45, 7) is 2.89. The van der Waals surface area contributed by atoms with Crippen LogP contribution < -0.4 is 10.9 Å². The van der Waals surface area contributed by atoms with E-state index in [1.54, 1.807) is 12.1 Å². The van der Waals surface area contributed by atoms with Crippen LogP contribution in [-0.2, 0) is 0 Å². The van der Waals surface area contributed by atoms with E-state index >= 15 is 0 Å². The first-order valence-corrected chi connectivity index (χ1v) is 8.00. The van der Waals surface area contributed by atoms with Crippen molar-refractivity contribution in [2.45, 2.75) is 18.9 Å². The topological polar surface area (TPSA) is 65.2 Å². The molecule has 0 aliphatic carbocycles. The Morgan fingerprint density at radius 2 is 1.87 bits per heavy atom. The highest BCUT2D eigenvalue weighted by Gasteiger charge is 2.22. The zero-order chi connectivity index (χ0) is 16.1. The molecule has 0 bridgehead atoms. The van der Waals surface area contributed by atoms with Crippen molar-refractivity contribution in [2.24, 2.45) is 0 Å². The quantitative estimate of drug-likeness (QED) is 0.887. The van der Waals surface area contributed by atoms with Gasteiger partial charge in [-0.3, -0.25) is 9.59 Å². The summed E-state index contributed by atoms with van der Waals surface area (Å²) in [7, 11) is 0. The number of hydrogen-bond donors (Lipinski definition) is 2. The molecule has 0 spiro atoms. The van der Waals surface area contributed by atoms with Crippen LogP contribution in [0, 0.1) is 0 Å². The number of likely N-dealkylation sites (tertiary alicyclic amines) is 1. The number of carbonyl (C=O) groups is 1. The fourth-order valence-electron chi connectivity index (χ4n) is 2.98. The van der Waals surface area contributed by atoms with Gasteiger partial charge in [0.05, 0.1) is 6.04 Å². The van der Waals surface area contributed by atoms with Crippen molar-refractivity contribution >= 4 is 5.91 Å². The lowest BCUT2D eigenvalue weighted by atomic mass is 10.1. The van der Waals surface area contributed by atoms with E-state index in [-0.39, 0.29) is 23.1 Å². The van der Waals surface area contributed by atoms with Crippen LogP contribution in [0.5, 0.6) is 0 Å². The number of hydrogen-bond acceptors (Lipinski definition) is 3. The van der Waals surface area contributed by atoms with Gasteiger partial charge in [0.1, 0.15) is 5.56 Å². The van der Waals surface area contributed by atoms with Gasteiger partial charge in [0.25, 0.3) is 11.5 Å². The van der Waals surface area contributed by atoms with Crippen LogP contribution in [0.1, 0.15) is 34.8 Å². The molecule has 2 aromatic rings. The molecule has 1 aromatic heterocycles. The fraction of sp³-hybridized carbons (Fsp3) is 0.333. The van der Waals surface area contributed by atoms with E-state index in [2.05, 4.69) is 15.2 Å². The Kier molecular flexibility index (Phi) is 4.88.